The average molecular weight is 316 g/mol. The van der Waals surface area contributed by atoms with Gasteiger partial charge in [0.15, 0.2) is 5.76 Å². The molecule has 2 fully saturated rings. The van der Waals surface area contributed by atoms with E-state index < -0.39 is 0 Å². The van der Waals surface area contributed by atoms with Gasteiger partial charge in [0, 0.05) is 19.0 Å². The van der Waals surface area contributed by atoms with E-state index in [9.17, 15) is 4.79 Å². The second-order valence-corrected chi connectivity index (χ2v) is 6.27. The van der Waals surface area contributed by atoms with Crippen LogP contribution >= 0.6 is 0 Å². The van der Waals surface area contributed by atoms with Gasteiger partial charge in [-0.2, -0.15) is 0 Å². The maximum Gasteiger partial charge on any atom is 0.289 e. The van der Waals surface area contributed by atoms with Crippen molar-refractivity contribution in [2.24, 2.45) is 5.92 Å². The number of nitrogens with zero attached hydrogens (tertiary/aromatic N) is 4. The number of amides is 1. The van der Waals surface area contributed by atoms with E-state index in [0.717, 1.165) is 25.1 Å². The van der Waals surface area contributed by atoms with Gasteiger partial charge in [0.2, 0.25) is 0 Å². The maximum atomic E-state index is 12.6. The summed E-state index contributed by atoms with van der Waals surface area (Å²) in [7, 11) is 0. The predicted molar refractivity (Wildman–Crippen MR) is 80.8 cm³/mol. The molecule has 0 aromatic carbocycles. The van der Waals surface area contributed by atoms with Crippen molar-refractivity contribution in [2.75, 3.05) is 13.2 Å². The van der Waals surface area contributed by atoms with E-state index in [1.54, 1.807) is 18.3 Å². The first-order chi connectivity index (χ1) is 11.2. The molecule has 2 aromatic heterocycles. The summed E-state index contributed by atoms with van der Waals surface area (Å²) in [5.41, 5.74) is 1.05. The molecule has 122 valence electrons. The number of fused-ring (bicyclic) bond motifs is 1. The predicted octanol–water partition coefficient (Wildman–Crippen LogP) is 1.50. The van der Waals surface area contributed by atoms with E-state index in [-0.39, 0.29) is 18.1 Å². The van der Waals surface area contributed by atoms with E-state index in [1.807, 2.05) is 16.5 Å². The molecule has 0 spiro atoms. The van der Waals surface area contributed by atoms with Crippen molar-refractivity contribution in [1.82, 2.24) is 19.9 Å². The van der Waals surface area contributed by atoms with Crippen LogP contribution < -0.4 is 0 Å². The Morgan fingerprint density at radius 1 is 1.43 bits per heavy atom. The standard InChI is InChI=1S/C16H20N4O3/c1-11-9-17-18-20(11)10-12-4-5-13-15(12)23-8-6-19(13)16(21)14-3-2-7-22-14/h2-3,7,9,12-13,15H,4-6,8,10H2,1H3/t12-,13+,15+/m0/s1. The molecule has 23 heavy (non-hydrogen) atoms. The number of rotatable bonds is 3. The normalized spacial score (nSPS) is 27.2. The van der Waals surface area contributed by atoms with Gasteiger partial charge in [0.05, 0.1) is 36.9 Å². The molecule has 4 rings (SSSR count). The molecule has 1 aliphatic heterocycles. The third kappa shape index (κ3) is 2.55. The highest BCUT2D eigenvalue weighted by Crippen LogP contribution is 2.36. The average Bonchev–Trinajstić information content (AvgIpc) is 3.29. The Balaban J connectivity index is 1.50. The largest absolute Gasteiger partial charge is 0.459 e. The topological polar surface area (TPSA) is 73.4 Å². The zero-order chi connectivity index (χ0) is 15.8. The molecule has 3 heterocycles. The number of carbonyl (C=O) groups excluding carboxylic acids is 1. The number of carbonyl (C=O) groups is 1. The number of aromatic nitrogens is 3. The number of hydrogen-bond acceptors (Lipinski definition) is 5. The summed E-state index contributed by atoms with van der Waals surface area (Å²) in [6, 6.07) is 3.59. The van der Waals surface area contributed by atoms with Gasteiger partial charge in [-0.1, -0.05) is 5.21 Å². The molecule has 1 saturated carbocycles. The molecule has 1 amide bonds. The molecule has 7 heteroatoms. The van der Waals surface area contributed by atoms with Crippen LogP contribution in [0.5, 0.6) is 0 Å². The Morgan fingerprint density at radius 3 is 3.09 bits per heavy atom. The van der Waals surface area contributed by atoms with Gasteiger partial charge < -0.3 is 14.1 Å². The Bertz CT molecular complexity index is 681. The summed E-state index contributed by atoms with van der Waals surface area (Å²) in [5.74, 6) is 0.722. The van der Waals surface area contributed by atoms with Gasteiger partial charge in [-0.3, -0.25) is 4.79 Å². The minimum atomic E-state index is -0.0362. The summed E-state index contributed by atoms with van der Waals surface area (Å²) in [6.45, 7) is 3.98. The summed E-state index contributed by atoms with van der Waals surface area (Å²) in [5, 5.41) is 8.07. The maximum absolute atomic E-state index is 12.6. The molecule has 0 bridgehead atoms. The number of hydrogen-bond donors (Lipinski definition) is 0. The first kappa shape index (κ1) is 14.4. The fraction of sp³-hybridized carbons (Fsp3) is 0.562. The van der Waals surface area contributed by atoms with Crippen molar-refractivity contribution in [3.05, 3.63) is 36.0 Å². The van der Waals surface area contributed by atoms with E-state index in [0.29, 0.717) is 24.8 Å². The first-order valence-electron chi connectivity index (χ1n) is 8.05. The molecule has 1 aliphatic carbocycles. The van der Waals surface area contributed by atoms with E-state index in [2.05, 4.69) is 10.3 Å². The quantitative estimate of drug-likeness (QED) is 0.858. The van der Waals surface area contributed by atoms with E-state index in [1.165, 1.54) is 6.26 Å². The third-order valence-electron chi connectivity index (χ3n) is 4.93. The van der Waals surface area contributed by atoms with Crippen LogP contribution in [0.15, 0.2) is 29.0 Å². The zero-order valence-corrected chi connectivity index (χ0v) is 13.1. The lowest BCUT2D eigenvalue weighted by Gasteiger charge is -2.38. The van der Waals surface area contributed by atoms with Crippen LogP contribution in [0.2, 0.25) is 0 Å². The smallest absolute Gasteiger partial charge is 0.289 e. The zero-order valence-electron chi connectivity index (χ0n) is 13.1. The van der Waals surface area contributed by atoms with Gasteiger partial charge in [-0.15, -0.1) is 5.10 Å². The number of morpholine rings is 1. The summed E-state index contributed by atoms with van der Waals surface area (Å²) < 4.78 is 13.2. The van der Waals surface area contributed by atoms with Crippen molar-refractivity contribution in [2.45, 2.75) is 38.5 Å². The van der Waals surface area contributed by atoms with Gasteiger partial charge in [0.25, 0.3) is 5.91 Å². The fourth-order valence-corrected chi connectivity index (χ4v) is 3.76. The number of ether oxygens (including phenoxy) is 1. The Hall–Kier alpha value is -2.15. The van der Waals surface area contributed by atoms with Crippen LogP contribution in [0.1, 0.15) is 29.1 Å². The lowest BCUT2D eigenvalue weighted by atomic mass is 10.0. The molecule has 3 atom stereocenters. The Kier molecular flexibility index (Phi) is 3.65. The van der Waals surface area contributed by atoms with Crippen LogP contribution in [0.25, 0.3) is 0 Å². The SMILES string of the molecule is Cc1cnnn1C[C@@H]1CC[C@@H]2[C@@H]1OCCN2C(=O)c1ccco1. The van der Waals surface area contributed by atoms with Crippen LogP contribution in [0.4, 0.5) is 0 Å². The molecule has 2 aromatic rings. The molecule has 0 radical (unpaired) electrons. The summed E-state index contributed by atoms with van der Waals surface area (Å²) >= 11 is 0. The van der Waals surface area contributed by atoms with Gasteiger partial charge >= 0.3 is 0 Å². The Labute approximate surface area is 134 Å². The number of aryl methyl sites for hydroxylation is 1. The van der Waals surface area contributed by atoms with E-state index in [4.69, 9.17) is 9.15 Å². The van der Waals surface area contributed by atoms with Crippen molar-refractivity contribution >= 4 is 5.91 Å². The molecule has 0 N–H and O–H groups in total. The molecule has 0 unspecified atom stereocenters. The summed E-state index contributed by atoms with van der Waals surface area (Å²) in [4.78, 5) is 14.5. The Morgan fingerprint density at radius 2 is 2.35 bits per heavy atom. The van der Waals surface area contributed by atoms with Crippen molar-refractivity contribution in [3.63, 3.8) is 0 Å². The van der Waals surface area contributed by atoms with Crippen molar-refractivity contribution in [1.29, 1.82) is 0 Å². The highest BCUT2D eigenvalue weighted by molar-refractivity contribution is 5.91. The van der Waals surface area contributed by atoms with Crippen molar-refractivity contribution < 1.29 is 13.9 Å². The molecular weight excluding hydrogens is 296 g/mol. The molecule has 7 nitrogen and oxygen atoms in total. The van der Waals surface area contributed by atoms with Gasteiger partial charge in [0.1, 0.15) is 0 Å². The lowest BCUT2D eigenvalue weighted by molar-refractivity contribution is -0.0657. The first-order valence-corrected chi connectivity index (χ1v) is 8.05. The fourth-order valence-electron chi connectivity index (χ4n) is 3.76. The lowest BCUT2D eigenvalue weighted by Crippen LogP contribution is -2.53. The van der Waals surface area contributed by atoms with Crippen LogP contribution in [-0.4, -0.2) is 51.1 Å². The highest BCUT2D eigenvalue weighted by atomic mass is 16.5. The molecule has 2 aliphatic rings. The minimum Gasteiger partial charge on any atom is -0.459 e. The van der Waals surface area contributed by atoms with Gasteiger partial charge in [-0.05, 0) is 31.9 Å². The van der Waals surface area contributed by atoms with Crippen LogP contribution in [-0.2, 0) is 11.3 Å². The summed E-state index contributed by atoms with van der Waals surface area (Å²) in [6.07, 6.45) is 5.34. The van der Waals surface area contributed by atoms with E-state index >= 15 is 0 Å². The second kappa shape index (κ2) is 5.81. The van der Waals surface area contributed by atoms with Crippen LogP contribution in [0.3, 0.4) is 0 Å². The van der Waals surface area contributed by atoms with Crippen LogP contribution in [0, 0.1) is 12.8 Å². The van der Waals surface area contributed by atoms with Crippen molar-refractivity contribution in [3.8, 4) is 0 Å². The van der Waals surface area contributed by atoms with Gasteiger partial charge in [-0.25, -0.2) is 4.68 Å². The minimum absolute atomic E-state index is 0.0362. The second-order valence-electron chi connectivity index (χ2n) is 6.27. The molecular formula is C16H20N4O3. The number of furan rings is 1. The monoisotopic (exact) mass is 316 g/mol. The molecule has 1 saturated heterocycles. The third-order valence-corrected chi connectivity index (χ3v) is 4.93. The highest BCUT2D eigenvalue weighted by Gasteiger charge is 2.45.